The minimum absolute atomic E-state index is 0.0216. The van der Waals surface area contributed by atoms with Gasteiger partial charge in [-0.25, -0.2) is 4.79 Å². The Kier molecular flexibility index (Phi) is 3.74. The van der Waals surface area contributed by atoms with Crippen molar-refractivity contribution in [1.29, 1.82) is 0 Å². The second kappa shape index (κ2) is 5.30. The van der Waals surface area contributed by atoms with Crippen LogP contribution in [0, 0.1) is 0 Å². The van der Waals surface area contributed by atoms with Crippen molar-refractivity contribution in [2.24, 2.45) is 5.73 Å². The number of para-hydroxylation sites is 1. The van der Waals surface area contributed by atoms with Gasteiger partial charge in [-0.2, -0.15) is 0 Å². The van der Waals surface area contributed by atoms with Crippen LogP contribution < -0.4 is 10.6 Å². The number of hydrogen-bond acceptors (Lipinski definition) is 3. The summed E-state index contributed by atoms with van der Waals surface area (Å²) in [6.07, 6.45) is -0.169. The van der Waals surface area contributed by atoms with E-state index in [1.165, 1.54) is 0 Å². The van der Waals surface area contributed by atoms with Crippen molar-refractivity contribution >= 4 is 17.7 Å². The lowest BCUT2D eigenvalue weighted by atomic mass is 9.93. The van der Waals surface area contributed by atoms with Crippen LogP contribution in [-0.2, 0) is 9.53 Å². The highest BCUT2D eigenvalue weighted by atomic mass is 16.6. The van der Waals surface area contributed by atoms with E-state index in [4.69, 9.17) is 10.5 Å². The first-order valence-electron chi connectivity index (χ1n) is 6.41. The number of amides is 2. The molecule has 1 aliphatic rings. The van der Waals surface area contributed by atoms with Crippen LogP contribution in [0.15, 0.2) is 24.3 Å². The molecule has 1 heterocycles. The average molecular weight is 262 g/mol. The van der Waals surface area contributed by atoms with Crippen LogP contribution in [0.4, 0.5) is 10.5 Å². The lowest BCUT2D eigenvalue weighted by Crippen LogP contribution is -2.43. The minimum Gasteiger partial charge on any atom is -0.441 e. The zero-order valence-corrected chi connectivity index (χ0v) is 11.1. The third-order valence-electron chi connectivity index (χ3n) is 3.37. The minimum atomic E-state index is -0.790. The Balaban J connectivity index is 2.42. The summed E-state index contributed by atoms with van der Waals surface area (Å²) in [5.41, 5.74) is 6.74. The van der Waals surface area contributed by atoms with Crippen molar-refractivity contribution in [3.05, 3.63) is 29.8 Å². The number of anilines is 1. The maximum Gasteiger partial charge on any atom is 0.405 e. The number of ether oxygens (including phenoxy) is 1. The van der Waals surface area contributed by atoms with Crippen LogP contribution in [0.25, 0.3) is 0 Å². The number of carbonyl (C=O) groups is 2. The Morgan fingerprint density at radius 1 is 1.42 bits per heavy atom. The Bertz CT molecular complexity index is 501. The van der Waals surface area contributed by atoms with E-state index in [-0.39, 0.29) is 18.1 Å². The molecule has 0 spiro atoms. The van der Waals surface area contributed by atoms with Gasteiger partial charge in [-0.15, -0.1) is 0 Å². The Hall–Kier alpha value is -2.04. The monoisotopic (exact) mass is 262 g/mol. The number of fused-ring (bicyclic) bond motifs is 1. The lowest BCUT2D eigenvalue weighted by Gasteiger charge is -2.38. The fourth-order valence-corrected chi connectivity index (χ4v) is 2.56. The van der Waals surface area contributed by atoms with Crippen LogP contribution in [0.5, 0.6) is 0 Å². The third kappa shape index (κ3) is 2.54. The first-order valence-corrected chi connectivity index (χ1v) is 6.41. The molecule has 1 aromatic rings. The predicted octanol–water partition coefficient (Wildman–Crippen LogP) is 2.36. The molecule has 1 aromatic carbocycles. The summed E-state index contributed by atoms with van der Waals surface area (Å²) in [7, 11) is 0. The van der Waals surface area contributed by atoms with E-state index in [2.05, 4.69) is 0 Å². The molecule has 0 aromatic heterocycles. The number of carbonyl (C=O) groups excluding carboxylic acids is 2. The highest BCUT2D eigenvalue weighted by Crippen LogP contribution is 2.39. The van der Waals surface area contributed by atoms with Gasteiger partial charge in [-0.05, 0) is 13.0 Å². The van der Waals surface area contributed by atoms with Gasteiger partial charge >= 0.3 is 6.09 Å². The van der Waals surface area contributed by atoms with Crippen molar-refractivity contribution in [2.45, 2.75) is 38.8 Å². The number of nitrogens with two attached hydrogens (primary N) is 1. The molecule has 0 fully saturated rings. The Morgan fingerprint density at radius 2 is 2.11 bits per heavy atom. The first-order chi connectivity index (χ1) is 9.04. The number of hydrogen-bond donors (Lipinski definition) is 1. The van der Waals surface area contributed by atoms with E-state index in [0.29, 0.717) is 12.8 Å². The van der Waals surface area contributed by atoms with Gasteiger partial charge in [-0.3, -0.25) is 4.79 Å². The van der Waals surface area contributed by atoms with Gasteiger partial charge in [0.25, 0.3) is 0 Å². The fourth-order valence-electron chi connectivity index (χ4n) is 2.56. The highest BCUT2D eigenvalue weighted by Gasteiger charge is 2.34. The summed E-state index contributed by atoms with van der Waals surface area (Å²) < 4.78 is 5.15. The molecule has 0 radical (unpaired) electrons. The number of rotatable bonds is 2. The second-order valence-electron chi connectivity index (χ2n) is 4.69. The summed E-state index contributed by atoms with van der Waals surface area (Å²) in [6.45, 7) is 3.78. The number of primary amides is 1. The predicted molar refractivity (Wildman–Crippen MR) is 71.7 cm³/mol. The molecule has 0 aliphatic carbocycles. The second-order valence-corrected chi connectivity index (χ2v) is 4.69. The summed E-state index contributed by atoms with van der Waals surface area (Å²) in [4.78, 5) is 24.8. The molecule has 0 bridgehead atoms. The van der Waals surface area contributed by atoms with Crippen molar-refractivity contribution in [3.8, 4) is 0 Å². The van der Waals surface area contributed by atoms with E-state index in [0.717, 1.165) is 11.3 Å². The van der Waals surface area contributed by atoms with Crippen LogP contribution in [-0.4, -0.2) is 18.0 Å². The van der Waals surface area contributed by atoms with Crippen molar-refractivity contribution in [3.63, 3.8) is 0 Å². The Morgan fingerprint density at radius 3 is 2.74 bits per heavy atom. The molecule has 2 N–H and O–H groups in total. The van der Waals surface area contributed by atoms with E-state index < -0.39 is 6.09 Å². The Labute approximate surface area is 112 Å². The summed E-state index contributed by atoms with van der Waals surface area (Å²) in [6, 6.07) is 7.45. The average Bonchev–Trinajstić information content (AvgIpc) is 2.37. The number of nitrogens with zero attached hydrogens (tertiary/aromatic N) is 1. The third-order valence-corrected chi connectivity index (χ3v) is 3.37. The summed E-state index contributed by atoms with van der Waals surface area (Å²) in [5.74, 6) is 0.0671. The first kappa shape index (κ1) is 13.4. The highest BCUT2D eigenvalue weighted by molar-refractivity contribution is 5.95. The van der Waals surface area contributed by atoms with Crippen molar-refractivity contribution in [1.82, 2.24) is 0 Å². The zero-order valence-electron chi connectivity index (χ0n) is 11.1. The maximum atomic E-state index is 12.1. The SMILES string of the molecule is CCC(=O)N1c2ccccc2[C@H](OC(N)=O)C[C@@H]1C. The molecule has 1 aliphatic heterocycles. The van der Waals surface area contributed by atoms with Crippen LogP contribution in [0.2, 0.25) is 0 Å². The molecule has 0 saturated carbocycles. The summed E-state index contributed by atoms with van der Waals surface area (Å²) in [5, 5.41) is 0. The van der Waals surface area contributed by atoms with Gasteiger partial charge in [0.2, 0.25) is 5.91 Å². The molecule has 102 valence electrons. The normalized spacial score (nSPS) is 21.7. The van der Waals surface area contributed by atoms with E-state index in [1.54, 1.807) is 4.90 Å². The molecular weight excluding hydrogens is 244 g/mol. The lowest BCUT2D eigenvalue weighted by molar-refractivity contribution is -0.119. The van der Waals surface area contributed by atoms with Gasteiger partial charge in [0.15, 0.2) is 0 Å². The molecule has 2 atom stereocenters. The van der Waals surface area contributed by atoms with Crippen LogP contribution in [0.3, 0.4) is 0 Å². The van der Waals surface area contributed by atoms with Crippen LogP contribution >= 0.6 is 0 Å². The van der Waals surface area contributed by atoms with Gasteiger partial charge < -0.3 is 15.4 Å². The fraction of sp³-hybridized carbons (Fsp3) is 0.429. The molecular formula is C14H18N2O3. The molecule has 2 amide bonds. The van der Waals surface area contributed by atoms with E-state index in [1.807, 2.05) is 38.1 Å². The van der Waals surface area contributed by atoms with Gasteiger partial charge in [-0.1, -0.05) is 25.1 Å². The van der Waals surface area contributed by atoms with E-state index in [9.17, 15) is 9.59 Å². The molecule has 19 heavy (non-hydrogen) atoms. The topological polar surface area (TPSA) is 72.6 Å². The molecule has 0 saturated heterocycles. The zero-order chi connectivity index (χ0) is 14.0. The largest absolute Gasteiger partial charge is 0.441 e. The van der Waals surface area contributed by atoms with E-state index >= 15 is 0 Å². The maximum absolute atomic E-state index is 12.1. The van der Waals surface area contributed by atoms with Gasteiger partial charge in [0.05, 0.1) is 5.69 Å². The molecule has 0 unspecified atom stereocenters. The molecule has 5 nitrogen and oxygen atoms in total. The standard InChI is InChI=1S/C14H18N2O3/c1-3-13(17)16-9(2)8-12(19-14(15)18)10-6-4-5-7-11(10)16/h4-7,9,12H,3,8H2,1-2H3,(H2,15,18)/t9-,12+/m0/s1. The molecule has 5 heteroatoms. The van der Waals surface area contributed by atoms with Crippen molar-refractivity contribution in [2.75, 3.05) is 4.90 Å². The van der Waals surface area contributed by atoms with Gasteiger partial charge in [0.1, 0.15) is 6.10 Å². The number of benzene rings is 1. The van der Waals surface area contributed by atoms with Gasteiger partial charge in [0, 0.05) is 24.4 Å². The summed E-state index contributed by atoms with van der Waals surface area (Å²) >= 11 is 0. The van der Waals surface area contributed by atoms with Crippen molar-refractivity contribution < 1.29 is 14.3 Å². The van der Waals surface area contributed by atoms with Crippen LogP contribution in [0.1, 0.15) is 38.4 Å². The quantitative estimate of drug-likeness (QED) is 0.889. The smallest absolute Gasteiger partial charge is 0.405 e. The molecule has 2 rings (SSSR count).